The Morgan fingerprint density at radius 1 is 0.516 bits per heavy atom. The van der Waals surface area contributed by atoms with Gasteiger partial charge in [0.1, 0.15) is 30.5 Å². The van der Waals surface area contributed by atoms with E-state index in [1.807, 2.05) is 0 Å². The van der Waals surface area contributed by atoms with Gasteiger partial charge in [0.2, 0.25) is 0 Å². The Kier molecular flexibility index (Phi) is 41.2. The molecule has 0 spiro atoms. The molecule has 360 valence electrons. The third-order valence-corrected chi connectivity index (χ3v) is 11.4. The molecule has 1 aliphatic heterocycles. The lowest BCUT2D eigenvalue weighted by molar-refractivity contribution is -0.305. The first kappa shape index (κ1) is 57.9. The molecule has 0 aromatic rings. The minimum absolute atomic E-state index is 0.123. The molecule has 1 saturated heterocycles. The van der Waals surface area contributed by atoms with Gasteiger partial charge in [-0.1, -0.05) is 177 Å². The summed E-state index contributed by atoms with van der Waals surface area (Å²) in [5, 5.41) is 40.2. The summed E-state index contributed by atoms with van der Waals surface area (Å²) < 4.78 is 22.9. The fourth-order valence-corrected chi connectivity index (χ4v) is 7.41. The van der Waals surface area contributed by atoms with Crippen LogP contribution in [0.5, 0.6) is 0 Å². The number of rotatable bonds is 43. The molecule has 6 unspecified atom stereocenters. The number of carbonyl (C=O) groups excluding carboxylic acids is 1. The number of carbonyl (C=O) groups is 1. The van der Waals surface area contributed by atoms with E-state index in [4.69, 9.17) is 18.9 Å². The number of allylic oxidation sites excluding steroid dienone is 10. The summed E-state index contributed by atoms with van der Waals surface area (Å²) in [6, 6.07) is 0. The highest BCUT2D eigenvalue weighted by Gasteiger charge is 2.44. The van der Waals surface area contributed by atoms with E-state index in [9.17, 15) is 25.2 Å². The average Bonchev–Trinajstić information content (AvgIpc) is 3.27. The van der Waals surface area contributed by atoms with Gasteiger partial charge in [0.15, 0.2) is 6.29 Å². The van der Waals surface area contributed by atoms with Crippen molar-refractivity contribution in [3.05, 3.63) is 60.8 Å². The average molecular weight is 875 g/mol. The third kappa shape index (κ3) is 34.3. The van der Waals surface area contributed by atoms with Crippen molar-refractivity contribution in [1.29, 1.82) is 0 Å². The molecule has 0 aromatic carbocycles. The van der Waals surface area contributed by atoms with Gasteiger partial charge in [-0.15, -0.1) is 0 Å². The first-order valence-electron chi connectivity index (χ1n) is 25.4. The van der Waals surface area contributed by atoms with Gasteiger partial charge in [0.05, 0.1) is 19.8 Å². The zero-order chi connectivity index (χ0) is 45.0. The Bertz CT molecular complexity index is 1130. The third-order valence-electron chi connectivity index (χ3n) is 11.4. The second kappa shape index (κ2) is 44.1. The van der Waals surface area contributed by atoms with Crippen molar-refractivity contribution in [3.8, 4) is 0 Å². The predicted octanol–water partition coefficient (Wildman–Crippen LogP) is 12.3. The first-order chi connectivity index (χ1) is 30.4. The van der Waals surface area contributed by atoms with Crippen molar-refractivity contribution >= 4 is 5.97 Å². The molecule has 1 heterocycles. The molecule has 0 amide bonds. The molecule has 0 radical (unpaired) electrons. The Morgan fingerprint density at radius 2 is 0.935 bits per heavy atom. The monoisotopic (exact) mass is 875 g/mol. The van der Waals surface area contributed by atoms with Gasteiger partial charge in [-0.05, 0) is 83.5 Å². The molecule has 1 aliphatic rings. The van der Waals surface area contributed by atoms with Gasteiger partial charge in [-0.2, -0.15) is 0 Å². The molecule has 0 saturated carbocycles. The maximum absolute atomic E-state index is 12.8. The second-order valence-corrected chi connectivity index (χ2v) is 17.3. The molecule has 9 heteroatoms. The van der Waals surface area contributed by atoms with Gasteiger partial charge >= 0.3 is 5.97 Å². The normalized spacial score (nSPS) is 20.3. The summed E-state index contributed by atoms with van der Waals surface area (Å²) in [6.07, 6.45) is 49.6. The maximum atomic E-state index is 12.8. The summed E-state index contributed by atoms with van der Waals surface area (Å²) in [6.45, 7) is 4.49. The molecular weight excluding hydrogens is 781 g/mol. The Labute approximate surface area is 379 Å². The lowest BCUT2D eigenvalue weighted by atomic mass is 9.99. The SMILES string of the molecule is CCCCC/C=C\C/C=C\CCCCCCCCOCC(COC1OC(CO)C(O)C(O)C1O)OC(=O)CCCCCCCCCC/C=C\C/C=C\C/C=C\CCCCCCC. The summed E-state index contributed by atoms with van der Waals surface area (Å²) in [4.78, 5) is 12.8. The minimum atomic E-state index is -1.54. The Morgan fingerprint density at radius 3 is 1.44 bits per heavy atom. The Hall–Kier alpha value is -2.11. The second-order valence-electron chi connectivity index (χ2n) is 17.3. The zero-order valence-electron chi connectivity index (χ0n) is 39.6. The first-order valence-corrected chi connectivity index (χ1v) is 25.4. The van der Waals surface area contributed by atoms with Crippen LogP contribution in [0.15, 0.2) is 60.8 Å². The standard InChI is InChI=1S/C53H94O9/c1-3-5-7-9-11-13-15-17-19-21-22-23-24-25-26-27-28-30-32-34-36-38-40-42-49(55)61-47(46-60-53-52(58)51(57)50(56)48(44-54)62-53)45-59-43-41-39-37-35-33-31-29-20-18-16-14-12-10-8-6-4-2/h12,14-15,17-18,20-22,24-25,47-48,50-54,56-58H,3-11,13,16,19,23,26-46H2,1-2H3/b14-12-,17-15-,20-18-,22-21-,25-24-. The van der Waals surface area contributed by atoms with Crippen molar-refractivity contribution in [3.63, 3.8) is 0 Å². The van der Waals surface area contributed by atoms with E-state index in [2.05, 4.69) is 74.6 Å². The van der Waals surface area contributed by atoms with Crippen LogP contribution in [0.4, 0.5) is 0 Å². The fraction of sp³-hybridized carbons (Fsp3) is 0.792. The molecule has 1 fully saturated rings. The van der Waals surface area contributed by atoms with E-state index in [1.54, 1.807) is 0 Å². The van der Waals surface area contributed by atoms with Gasteiger partial charge < -0.3 is 39.4 Å². The predicted molar refractivity (Wildman–Crippen MR) is 256 cm³/mol. The van der Waals surface area contributed by atoms with Crippen molar-refractivity contribution in [2.75, 3.05) is 26.4 Å². The number of esters is 1. The number of aliphatic hydroxyl groups is 4. The molecule has 0 aliphatic carbocycles. The summed E-state index contributed by atoms with van der Waals surface area (Å²) in [7, 11) is 0. The molecule has 62 heavy (non-hydrogen) atoms. The van der Waals surface area contributed by atoms with Crippen molar-refractivity contribution in [1.82, 2.24) is 0 Å². The largest absolute Gasteiger partial charge is 0.457 e. The van der Waals surface area contributed by atoms with Gasteiger partial charge in [0, 0.05) is 13.0 Å². The van der Waals surface area contributed by atoms with Crippen LogP contribution in [0.2, 0.25) is 0 Å². The van der Waals surface area contributed by atoms with Gasteiger partial charge in [-0.25, -0.2) is 0 Å². The van der Waals surface area contributed by atoms with E-state index in [1.165, 1.54) is 116 Å². The number of ether oxygens (including phenoxy) is 4. The molecule has 0 bridgehead atoms. The highest BCUT2D eigenvalue weighted by Crippen LogP contribution is 2.22. The lowest BCUT2D eigenvalue weighted by Gasteiger charge is -2.39. The minimum Gasteiger partial charge on any atom is -0.457 e. The number of hydrogen-bond donors (Lipinski definition) is 4. The summed E-state index contributed by atoms with van der Waals surface area (Å²) >= 11 is 0. The summed E-state index contributed by atoms with van der Waals surface area (Å²) in [5.74, 6) is -0.325. The maximum Gasteiger partial charge on any atom is 0.306 e. The van der Waals surface area contributed by atoms with Crippen LogP contribution < -0.4 is 0 Å². The fourth-order valence-electron chi connectivity index (χ4n) is 7.41. The van der Waals surface area contributed by atoms with Crippen molar-refractivity contribution in [2.24, 2.45) is 0 Å². The van der Waals surface area contributed by atoms with Crippen molar-refractivity contribution in [2.45, 2.75) is 243 Å². The number of hydrogen-bond acceptors (Lipinski definition) is 9. The van der Waals surface area contributed by atoms with E-state index in [0.717, 1.165) is 70.6 Å². The van der Waals surface area contributed by atoms with Crippen LogP contribution in [-0.4, -0.2) is 89.6 Å². The lowest BCUT2D eigenvalue weighted by Crippen LogP contribution is -2.59. The quantitative estimate of drug-likeness (QED) is 0.0268. The van der Waals surface area contributed by atoms with Crippen LogP contribution >= 0.6 is 0 Å². The summed E-state index contributed by atoms with van der Waals surface area (Å²) in [5.41, 5.74) is 0. The molecular formula is C53H94O9. The van der Waals surface area contributed by atoms with Crippen LogP contribution in [0.25, 0.3) is 0 Å². The molecule has 4 N–H and O–H groups in total. The van der Waals surface area contributed by atoms with E-state index in [-0.39, 0.29) is 19.2 Å². The van der Waals surface area contributed by atoms with E-state index in [0.29, 0.717) is 13.0 Å². The van der Waals surface area contributed by atoms with Crippen LogP contribution in [0, 0.1) is 0 Å². The highest BCUT2D eigenvalue weighted by atomic mass is 16.7. The van der Waals surface area contributed by atoms with Crippen LogP contribution in [0.3, 0.4) is 0 Å². The number of unbranched alkanes of at least 4 members (excludes halogenated alkanes) is 22. The van der Waals surface area contributed by atoms with E-state index >= 15 is 0 Å². The molecule has 0 aromatic heterocycles. The molecule has 9 nitrogen and oxygen atoms in total. The van der Waals surface area contributed by atoms with Gasteiger partial charge in [-0.3, -0.25) is 4.79 Å². The topological polar surface area (TPSA) is 135 Å². The van der Waals surface area contributed by atoms with Crippen LogP contribution in [-0.2, 0) is 23.7 Å². The smallest absolute Gasteiger partial charge is 0.306 e. The number of aliphatic hydroxyl groups excluding tert-OH is 4. The van der Waals surface area contributed by atoms with Crippen molar-refractivity contribution < 1.29 is 44.2 Å². The van der Waals surface area contributed by atoms with Crippen LogP contribution in [0.1, 0.15) is 206 Å². The van der Waals surface area contributed by atoms with Gasteiger partial charge in [0.25, 0.3) is 0 Å². The Balaban J connectivity index is 2.23. The van der Waals surface area contributed by atoms with E-state index < -0.39 is 43.4 Å². The zero-order valence-corrected chi connectivity index (χ0v) is 39.6. The molecule has 6 atom stereocenters. The molecule has 1 rings (SSSR count). The highest BCUT2D eigenvalue weighted by molar-refractivity contribution is 5.69.